The first-order valence-electron chi connectivity index (χ1n) is 12.1. The molecule has 0 spiro atoms. The molecular weight excluding hydrogens is 521 g/mol. The first-order valence-corrected chi connectivity index (χ1v) is 14.3. The zero-order valence-corrected chi connectivity index (χ0v) is 24.9. The van der Waals surface area contributed by atoms with Crippen molar-refractivity contribution in [3.63, 3.8) is 0 Å². The van der Waals surface area contributed by atoms with Crippen LogP contribution in [0, 0.1) is 13.8 Å². The molecule has 0 saturated carbocycles. The Morgan fingerprint density at radius 2 is 1.32 bits per heavy atom. The second-order valence-corrected chi connectivity index (χ2v) is 13.7. The van der Waals surface area contributed by atoms with E-state index in [1.54, 1.807) is 33.8 Å². The summed E-state index contributed by atoms with van der Waals surface area (Å²) in [5.41, 5.74) is -1.58. The molecule has 1 N–H and O–H groups in total. The van der Waals surface area contributed by atoms with E-state index >= 15 is 0 Å². The van der Waals surface area contributed by atoms with Gasteiger partial charge in [-0.15, -0.1) is 0 Å². The van der Waals surface area contributed by atoms with E-state index in [4.69, 9.17) is 4.74 Å². The third-order valence-electron chi connectivity index (χ3n) is 5.60. The quantitative estimate of drug-likeness (QED) is 0.345. The molecule has 2 rings (SSSR count). The van der Waals surface area contributed by atoms with Crippen molar-refractivity contribution in [3.8, 4) is 0 Å². The maximum atomic E-state index is 13.8. The SMILES string of the molecule is CCN(S(=O)c1ccc(C)cc1C(F)(F)F)C(C)(C)OC(C)(C)c1cc(C)ccc1S(=O)NC(C)(C)C. The summed E-state index contributed by atoms with van der Waals surface area (Å²) in [4.78, 5) is 0.226. The molecule has 5 nitrogen and oxygen atoms in total. The van der Waals surface area contributed by atoms with Crippen LogP contribution < -0.4 is 4.72 Å². The van der Waals surface area contributed by atoms with Crippen molar-refractivity contribution < 1.29 is 26.3 Å². The van der Waals surface area contributed by atoms with Gasteiger partial charge in [0.25, 0.3) is 0 Å². The topological polar surface area (TPSA) is 58.6 Å². The van der Waals surface area contributed by atoms with Crippen molar-refractivity contribution in [1.29, 1.82) is 0 Å². The van der Waals surface area contributed by atoms with Gasteiger partial charge in [-0.1, -0.05) is 36.2 Å². The summed E-state index contributed by atoms with van der Waals surface area (Å²) in [6.07, 6.45) is -4.65. The zero-order chi connectivity index (χ0) is 28.6. The largest absolute Gasteiger partial charge is 0.417 e. The van der Waals surface area contributed by atoms with Crippen LogP contribution in [0.25, 0.3) is 0 Å². The molecule has 0 amide bonds. The van der Waals surface area contributed by atoms with Crippen molar-refractivity contribution in [2.75, 3.05) is 6.54 Å². The van der Waals surface area contributed by atoms with Gasteiger partial charge in [0.15, 0.2) is 0 Å². The van der Waals surface area contributed by atoms with Crippen LogP contribution in [0.5, 0.6) is 0 Å². The molecule has 2 aromatic carbocycles. The van der Waals surface area contributed by atoms with Gasteiger partial charge in [0.2, 0.25) is 0 Å². The molecule has 0 radical (unpaired) electrons. The Bertz CT molecular complexity index is 1170. The van der Waals surface area contributed by atoms with E-state index in [-0.39, 0.29) is 11.4 Å². The van der Waals surface area contributed by atoms with Crippen LogP contribution in [0.1, 0.15) is 77.6 Å². The highest BCUT2D eigenvalue weighted by Crippen LogP contribution is 2.39. The van der Waals surface area contributed by atoms with Gasteiger partial charge < -0.3 is 4.74 Å². The first-order chi connectivity index (χ1) is 16.7. The minimum absolute atomic E-state index is 0.166. The molecule has 0 aliphatic rings. The predicted molar refractivity (Wildman–Crippen MR) is 144 cm³/mol. The lowest BCUT2D eigenvalue weighted by Crippen LogP contribution is -2.51. The number of rotatable bonds is 9. The molecule has 0 bridgehead atoms. The van der Waals surface area contributed by atoms with E-state index in [1.807, 2.05) is 53.7 Å². The minimum atomic E-state index is -4.65. The van der Waals surface area contributed by atoms with Crippen molar-refractivity contribution in [1.82, 2.24) is 9.03 Å². The molecule has 2 aromatic rings. The number of hydrogen-bond acceptors (Lipinski definition) is 3. The van der Waals surface area contributed by atoms with Gasteiger partial charge in [-0.05, 0) is 80.5 Å². The standard InChI is InChI=1S/C27H39F3N2O3S2/c1-11-32(37(34)23-15-13-19(3)17-21(23)27(28,29)30)26(9,10)35-25(7,8)20-16-18(2)12-14-22(20)36(33)31-24(4,5)6/h12-17,31H,11H2,1-10H3. The summed E-state index contributed by atoms with van der Waals surface area (Å²) >= 11 is 0. The lowest BCUT2D eigenvalue weighted by Gasteiger charge is -2.43. The van der Waals surface area contributed by atoms with Crippen LogP contribution in [0.3, 0.4) is 0 Å². The number of ether oxygens (including phenoxy) is 1. The summed E-state index contributed by atoms with van der Waals surface area (Å²) in [5.74, 6) is 0. The summed E-state index contributed by atoms with van der Waals surface area (Å²) in [5, 5.41) is 0. The van der Waals surface area contributed by atoms with Gasteiger partial charge >= 0.3 is 6.18 Å². The summed E-state index contributed by atoms with van der Waals surface area (Å²) in [6.45, 7) is 18.1. The Balaban J connectivity index is 2.51. The van der Waals surface area contributed by atoms with Crippen LogP contribution in [-0.2, 0) is 38.5 Å². The van der Waals surface area contributed by atoms with Crippen molar-refractivity contribution >= 4 is 22.0 Å². The molecule has 208 valence electrons. The van der Waals surface area contributed by atoms with Crippen LogP contribution >= 0.6 is 0 Å². The van der Waals surface area contributed by atoms with Crippen LogP contribution in [-0.4, -0.2) is 30.5 Å². The van der Waals surface area contributed by atoms with Gasteiger partial charge in [-0.3, -0.25) is 0 Å². The van der Waals surface area contributed by atoms with Crippen LogP contribution in [0.4, 0.5) is 13.2 Å². The lowest BCUT2D eigenvalue weighted by molar-refractivity contribution is -0.176. The maximum Gasteiger partial charge on any atom is 0.417 e. The number of hydrogen-bond donors (Lipinski definition) is 1. The van der Waals surface area contributed by atoms with E-state index in [0.717, 1.165) is 11.6 Å². The minimum Gasteiger partial charge on any atom is -0.349 e. The molecule has 0 aromatic heterocycles. The molecule has 2 atom stereocenters. The highest BCUT2D eigenvalue weighted by atomic mass is 32.2. The Morgan fingerprint density at radius 1 is 0.838 bits per heavy atom. The Morgan fingerprint density at radius 3 is 1.78 bits per heavy atom. The van der Waals surface area contributed by atoms with Crippen LogP contribution in [0.15, 0.2) is 46.2 Å². The van der Waals surface area contributed by atoms with E-state index in [9.17, 15) is 21.6 Å². The Hall–Kier alpha value is -1.59. The molecule has 37 heavy (non-hydrogen) atoms. The van der Waals surface area contributed by atoms with Crippen LogP contribution in [0.2, 0.25) is 0 Å². The average molecular weight is 561 g/mol. The average Bonchev–Trinajstić information content (AvgIpc) is 2.71. The molecule has 2 unspecified atom stereocenters. The monoisotopic (exact) mass is 560 g/mol. The molecule has 0 aliphatic carbocycles. The zero-order valence-electron chi connectivity index (χ0n) is 23.3. The second kappa shape index (κ2) is 11.3. The third kappa shape index (κ3) is 7.95. The summed E-state index contributed by atoms with van der Waals surface area (Å²) in [6, 6.07) is 9.34. The Kier molecular flexibility index (Phi) is 9.62. The summed E-state index contributed by atoms with van der Waals surface area (Å²) in [7, 11) is -3.71. The molecule has 10 heteroatoms. The fourth-order valence-electron chi connectivity index (χ4n) is 4.17. The van der Waals surface area contributed by atoms with E-state index in [1.165, 1.54) is 16.4 Å². The number of aryl methyl sites for hydroxylation is 2. The van der Waals surface area contributed by atoms with Gasteiger partial charge in [-0.25, -0.2) is 13.1 Å². The van der Waals surface area contributed by atoms with Gasteiger partial charge in [-0.2, -0.15) is 17.5 Å². The van der Waals surface area contributed by atoms with Gasteiger partial charge in [0, 0.05) is 17.6 Å². The number of benzene rings is 2. The fourth-order valence-corrected chi connectivity index (χ4v) is 6.99. The highest BCUT2D eigenvalue weighted by Gasteiger charge is 2.42. The van der Waals surface area contributed by atoms with E-state index < -0.39 is 50.6 Å². The van der Waals surface area contributed by atoms with Crippen molar-refractivity contribution in [3.05, 3.63) is 58.7 Å². The van der Waals surface area contributed by atoms with Gasteiger partial charge in [0.1, 0.15) is 27.7 Å². The van der Waals surface area contributed by atoms with E-state index in [2.05, 4.69) is 4.72 Å². The molecule has 0 fully saturated rings. The smallest absolute Gasteiger partial charge is 0.349 e. The number of nitrogens with zero attached hydrogens (tertiary/aromatic N) is 1. The predicted octanol–water partition coefficient (Wildman–Crippen LogP) is 6.77. The molecular formula is C27H39F3N2O3S2. The molecule has 0 aliphatic heterocycles. The van der Waals surface area contributed by atoms with E-state index in [0.29, 0.717) is 16.0 Å². The number of nitrogens with one attached hydrogen (secondary N) is 1. The van der Waals surface area contributed by atoms with Crippen molar-refractivity contribution in [2.45, 2.75) is 102 Å². The third-order valence-corrected chi connectivity index (χ3v) is 8.99. The molecule has 0 saturated heterocycles. The first kappa shape index (κ1) is 31.6. The Labute approximate surface area is 224 Å². The summed E-state index contributed by atoms with van der Waals surface area (Å²) < 4.78 is 79.2. The number of alkyl halides is 3. The van der Waals surface area contributed by atoms with Crippen molar-refractivity contribution in [2.24, 2.45) is 0 Å². The fraction of sp³-hybridized carbons (Fsp3) is 0.556. The number of halogens is 3. The second-order valence-electron chi connectivity index (χ2n) is 11.1. The normalized spacial score (nSPS) is 15.2. The molecule has 0 heterocycles. The lowest BCUT2D eigenvalue weighted by atomic mass is 9.95. The van der Waals surface area contributed by atoms with Gasteiger partial charge in [0.05, 0.1) is 21.0 Å². The highest BCUT2D eigenvalue weighted by molar-refractivity contribution is 7.83. The maximum absolute atomic E-state index is 13.8.